The number of nitrogens with zero attached hydrogens (tertiary/aromatic N) is 2. The Kier molecular flexibility index (Phi) is 3.66. The monoisotopic (exact) mass is 258 g/mol. The van der Waals surface area contributed by atoms with E-state index in [9.17, 15) is 4.79 Å². The Morgan fingerprint density at radius 3 is 2.56 bits per heavy atom. The molecule has 0 aromatic carbocycles. The minimum absolute atomic E-state index is 0.118. The Bertz CT molecular complexity index is 403. The van der Waals surface area contributed by atoms with Crippen LogP contribution in [0, 0.1) is 0 Å². The van der Waals surface area contributed by atoms with Gasteiger partial charge in [0, 0.05) is 13.1 Å². The van der Waals surface area contributed by atoms with E-state index >= 15 is 0 Å². The summed E-state index contributed by atoms with van der Waals surface area (Å²) >= 11 is 11.7. The molecule has 1 aliphatic heterocycles. The molecule has 0 saturated carbocycles. The first kappa shape index (κ1) is 11.7. The number of pyridine rings is 1. The van der Waals surface area contributed by atoms with E-state index < -0.39 is 0 Å². The summed E-state index contributed by atoms with van der Waals surface area (Å²) in [4.78, 5) is 17.9. The fraction of sp³-hybridized carbons (Fsp3) is 0.455. The van der Waals surface area contributed by atoms with Crippen molar-refractivity contribution in [2.75, 3.05) is 13.1 Å². The number of hydrogen-bond acceptors (Lipinski definition) is 2. The molecule has 0 unspecified atom stereocenters. The SMILES string of the molecule is O=C(c1nc(Cl)ccc1Cl)N1CCCCC1. The quantitative estimate of drug-likeness (QED) is 0.726. The summed E-state index contributed by atoms with van der Waals surface area (Å²) in [5, 5.41) is 0.657. The number of hydrogen-bond donors (Lipinski definition) is 0. The Hall–Kier alpha value is -0.800. The zero-order valence-corrected chi connectivity index (χ0v) is 10.3. The molecule has 0 atom stereocenters. The van der Waals surface area contributed by atoms with Crippen molar-refractivity contribution in [2.45, 2.75) is 19.3 Å². The van der Waals surface area contributed by atoms with Crippen LogP contribution >= 0.6 is 23.2 Å². The molecule has 0 aliphatic carbocycles. The van der Waals surface area contributed by atoms with Crippen molar-refractivity contribution in [3.05, 3.63) is 28.0 Å². The first-order valence-electron chi connectivity index (χ1n) is 5.30. The van der Waals surface area contributed by atoms with Crippen LogP contribution < -0.4 is 0 Å². The molecular formula is C11H12Cl2N2O. The van der Waals surface area contributed by atoms with Gasteiger partial charge in [0.15, 0.2) is 0 Å². The van der Waals surface area contributed by atoms with Gasteiger partial charge in [0.2, 0.25) is 0 Å². The summed E-state index contributed by atoms with van der Waals surface area (Å²) in [6, 6.07) is 3.19. The van der Waals surface area contributed by atoms with Gasteiger partial charge in [0.25, 0.3) is 5.91 Å². The van der Waals surface area contributed by atoms with Crippen molar-refractivity contribution in [2.24, 2.45) is 0 Å². The molecule has 1 saturated heterocycles. The van der Waals surface area contributed by atoms with Crippen molar-refractivity contribution in [3.63, 3.8) is 0 Å². The third kappa shape index (κ3) is 2.47. The highest BCUT2D eigenvalue weighted by Gasteiger charge is 2.21. The molecule has 16 heavy (non-hydrogen) atoms. The smallest absolute Gasteiger partial charge is 0.274 e. The van der Waals surface area contributed by atoms with E-state index in [1.807, 2.05) is 0 Å². The van der Waals surface area contributed by atoms with Crippen LogP contribution in [-0.2, 0) is 0 Å². The number of halogens is 2. The molecule has 0 N–H and O–H groups in total. The van der Waals surface area contributed by atoms with E-state index in [0.717, 1.165) is 25.9 Å². The van der Waals surface area contributed by atoms with Gasteiger partial charge in [-0.25, -0.2) is 4.98 Å². The van der Waals surface area contributed by atoms with E-state index in [4.69, 9.17) is 23.2 Å². The number of aromatic nitrogens is 1. The molecule has 1 aliphatic rings. The Morgan fingerprint density at radius 2 is 1.88 bits per heavy atom. The van der Waals surface area contributed by atoms with Crippen molar-refractivity contribution in [1.82, 2.24) is 9.88 Å². The van der Waals surface area contributed by atoms with Crippen LogP contribution in [0.25, 0.3) is 0 Å². The normalized spacial score (nSPS) is 16.2. The number of rotatable bonds is 1. The molecule has 86 valence electrons. The summed E-state index contributed by atoms with van der Waals surface area (Å²) in [5.74, 6) is -0.118. The first-order valence-corrected chi connectivity index (χ1v) is 6.05. The molecule has 1 amide bonds. The maximum Gasteiger partial charge on any atom is 0.274 e. The lowest BCUT2D eigenvalue weighted by atomic mass is 10.1. The molecule has 2 heterocycles. The molecule has 3 nitrogen and oxygen atoms in total. The van der Waals surface area contributed by atoms with Gasteiger partial charge in [0.05, 0.1) is 5.02 Å². The largest absolute Gasteiger partial charge is 0.337 e. The highest BCUT2D eigenvalue weighted by atomic mass is 35.5. The van der Waals surface area contributed by atoms with Crippen LogP contribution in [0.4, 0.5) is 0 Å². The van der Waals surface area contributed by atoms with Crippen LogP contribution in [0.3, 0.4) is 0 Å². The zero-order chi connectivity index (χ0) is 11.5. The van der Waals surface area contributed by atoms with E-state index in [2.05, 4.69) is 4.98 Å². The van der Waals surface area contributed by atoms with Gasteiger partial charge in [-0.05, 0) is 31.4 Å². The maximum atomic E-state index is 12.1. The van der Waals surface area contributed by atoms with Gasteiger partial charge in [0.1, 0.15) is 10.8 Å². The van der Waals surface area contributed by atoms with Gasteiger partial charge in [-0.15, -0.1) is 0 Å². The number of carbonyl (C=O) groups is 1. The van der Waals surface area contributed by atoms with Crippen molar-refractivity contribution in [1.29, 1.82) is 0 Å². The lowest BCUT2D eigenvalue weighted by molar-refractivity contribution is 0.0718. The zero-order valence-electron chi connectivity index (χ0n) is 8.75. The van der Waals surface area contributed by atoms with Crippen molar-refractivity contribution in [3.8, 4) is 0 Å². The van der Waals surface area contributed by atoms with Gasteiger partial charge < -0.3 is 4.90 Å². The number of likely N-dealkylation sites (tertiary alicyclic amines) is 1. The predicted octanol–water partition coefficient (Wildman–Crippen LogP) is 3.01. The topological polar surface area (TPSA) is 33.2 Å². The van der Waals surface area contributed by atoms with Crippen molar-refractivity contribution < 1.29 is 4.79 Å². The number of piperidine rings is 1. The fourth-order valence-electron chi connectivity index (χ4n) is 1.82. The highest BCUT2D eigenvalue weighted by Crippen LogP contribution is 2.20. The minimum atomic E-state index is -0.118. The van der Waals surface area contributed by atoms with E-state index in [0.29, 0.717) is 10.2 Å². The Balaban J connectivity index is 2.22. The van der Waals surface area contributed by atoms with E-state index in [1.165, 1.54) is 6.42 Å². The molecule has 1 fully saturated rings. The second-order valence-corrected chi connectivity index (χ2v) is 4.61. The van der Waals surface area contributed by atoms with Gasteiger partial charge in [-0.3, -0.25) is 4.79 Å². The fourth-order valence-corrected chi connectivity index (χ4v) is 2.15. The summed E-state index contributed by atoms with van der Waals surface area (Å²) in [6.45, 7) is 1.56. The summed E-state index contributed by atoms with van der Waals surface area (Å²) in [5.41, 5.74) is 0.260. The third-order valence-electron chi connectivity index (χ3n) is 2.66. The van der Waals surface area contributed by atoms with Crippen LogP contribution in [0.2, 0.25) is 10.2 Å². The van der Waals surface area contributed by atoms with Crippen LogP contribution in [-0.4, -0.2) is 28.9 Å². The maximum absolute atomic E-state index is 12.1. The van der Waals surface area contributed by atoms with Crippen LogP contribution in [0.5, 0.6) is 0 Å². The summed E-state index contributed by atoms with van der Waals surface area (Å²) in [7, 11) is 0. The lowest BCUT2D eigenvalue weighted by Gasteiger charge is -2.26. The summed E-state index contributed by atoms with van der Waals surface area (Å²) in [6.07, 6.45) is 3.27. The van der Waals surface area contributed by atoms with Crippen LogP contribution in [0.1, 0.15) is 29.8 Å². The predicted molar refractivity (Wildman–Crippen MR) is 64.0 cm³/mol. The molecule has 1 aromatic heterocycles. The van der Waals surface area contributed by atoms with E-state index in [-0.39, 0.29) is 11.6 Å². The first-order chi connectivity index (χ1) is 7.68. The molecule has 2 rings (SSSR count). The van der Waals surface area contributed by atoms with E-state index in [1.54, 1.807) is 17.0 Å². The van der Waals surface area contributed by atoms with Gasteiger partial charge in [-0.2, -0.15) is 0 Å². The molecule has 0 spiro atoms. The average Bonchev–Trinajstić information content (AvgIpc) is 2.32. The van der Waals surface area contributed by atoms with Gasteiger partial charge in [-0.1, -0.05) is 23.2 Å². The van der Waals surface area contributed by atoms with Gasteiger partial charge >= 0.3 is 0 Å². The van der Waals surface area contributed by atoms with Crippen molar-refractivity contribution >= 4 is 29.1 Å². The highest BCUT2D eigenvalue weighted by molar-refractivity contribution is 6.34. The molecule has 0 bridgehead atoms. The second-order valence-electron chi connectivity index (χ2n) is 3.82. The molecular weight excluding hydrogens is 247 g/mol. The molecule has 5 heteroatoms. The lowest BCUT2D eigenvalue weighted by Crippen LogP contribution is -2.36. The molecule has 1 aromatic rings. The second kappa shape index (κ2) is 5.02. The number of amides is 1. The average molecular weight is 259 g/mol. The molecule has 0 radical (unpaired) electrons. The summed E-state index contributed by atoms with van der Waals surface area (Å²) < 4.78 is 0. The Morgan fingerprint density at radius 1 is 1.19 bits per heavy atom. The minimum Gasteiger partial charge on any atom is -0.337 e. The van der Waals surface area contributed by atoms with Crippen LogP contribution in [0.15, 0.2) is 12.1 Å². The Labute approximate surface area is 104 Å². The number of carbonyl (C=O) groups excluding carboxylic acids is 1. The third-order valence-corrected chi connectivity index (χ3v) is 3.17. The standard InChI is InChI=1S/C11H12Cl2N2O/c12-8-4-5-9(13)14-10(8)11(16)15-6-2-1-3-7-15/h4-5H,1-3,6-7H2.